The maximum Gasteiger partial charge on any atom is 0.119 e. The summed E-state index contributed by atoms with van der Waals surface area (Å²) in [5.74, 6) is 0. The molecule has 0 atom stereocenters. The van der Waals surface area contributed by atoms with Crippen molar-refractivity contribution in [2.45, 2.75) is 24.9 Å². The zero-order valence-electron chi connectivity index (χ0n) is 29.5. The summed E-state index contributed by atoms with van der Waals surface area (Å²) in [7, 11) is -1.97. The molecule has 248 valence electrons. The molecule has 0 nitrogen and oxygen atoms in total. The summed E-state index contributed by atoms with van der Waals surface area (Å²) >= 11 is 0. The van der Waals surface area contributed by atoms with Gasteiger partial charge in [-0.05, 0) is 133 Å². The van der Waals surface area contributed by atoms with Crippen LogP contribution in [-0.2, 0) is 0 Å². The molecule has 1 heteroatoms. The van der Waals surface area contributed by atoms with Crippen LogP contribution >= 0.6 is 0 Å². The van der Waals surface area contributed by atoms with Crippen molar-refractivity contribution < 1.29 is 0 Å². The topological polar surface area (TPSA) is 0 Å². The highest BCUT2D eigenvalue weighted by Crippen LogP contribution is 2.45. The molecule has 0 aromatic heterocycles. The molecule has 1 spiro atoms. The van der Waals surface area contributed by atoms with E-state index in [1.54, 1.807) is 10.4 Å². The molecular formula is C52H36Si. The number of hydrogen-bond donors (Lipinski definition) is 0. The highest BCUT2D eigenvalue weighted by atomic mass is 28.3. The van der Waals surface area contributed by atoms with Gasteiger partial charge in [0, 0.05) is 0 Å². The predicted molar refractivity (Wildman–Crippen MR) is 232 cm³/mol. The molecule has 10 aromatic carbocycles. The van der Waals surface area contributed by atoms with Crippen molar-refractivity contribution >= 4 is 83.1 Å². The molecule has 2 heterocycles. The van der Waals surface area contributed by atoms with E-state index in [9.17, 15) is 0 Å². The van der Waals surface area contributed by atoms with E-state index in [0.29, 0.717) is 0 Å². The molecule has 0 saturated carbocycles. The average Bonchev–Trinajstić information content (AvgIpc) is 3.83. The van der Waals surface area contributed by atoms with Gasteiger partial charge >= 0.3 is 0 Å². The maximum atomic E-state index is 2.64. The summed E-state index contributed by atoms with van der Waals surface area (Å²) in [6.45, 7) is 0. The lowest BCUT2D eigenvalue weighted by Crippen LogP contribution is -2.52. The number of fused-ring (bicyclic) bond motifs is 15. The maximum absolute atomic E-state index is 2.64. The Balaban J connectivity index is 1.07. The van der Waals surface area contributed by atoms with Crippen LogP contribution in [0.25, 0.3) is 98.0 Å². The van der Waals surface area contributed by atoms with Gasteiger partial charge in [-0.3, -0.25) is 0 Å². The minimum absolute atomic E-state index is 1.30. The summed E-state index contributed by atoms with van der Waals surface area (Å²) in [5.41, 5.74) is 8.37. The van der Waals surface area contributed by atoms with Gasteiger partial charge in [0.2, 0.25) is 0 Å². The normalized spacial score (nSPS) is 14.6. The Bertz CT molecular complexity index is 2970. The highest BCUT2D eigenvalue weighted by Gasteiger charge is 2.47. The van der Waals surface area contributed by atoms with Crippen LogP contribution in [0, 0.1) is 0 Å². The third-order valence-electron chi connectivity index (χ3n) is 13.0. The highest BCUT2D eigenvalue weighted by molar-refractivity contribution is 7.06. The first-order valence-electron chi connectivity index (χ1n) is 19.2. The molecule has 12 rings (SSSR count). The quantitative estimate of drug-likeness (QED) is 0.125. The molecule has 2 aliphatic rings. The SMILES string of the molecule is c1ccc2c(c1)ccc1c3ccccc3c(-c3ccc4c(c3)[Si]3(CCCC3)c3cc(-c5cc6c7ccccc7ccc6c6ccccc56)ccc3-4)cc21. The van der Waals surface area contributed by atoms with E-state index >= 15 is 0 Å². The fraction of sp³-hybridized carbons (Fsp3) is 0.0769. The van der Waals surface area contributed by atoms with Crippen LogP contribution in [0.1, 0.15) is 12.8 Å². The molecule has 0 amide bonds. The van der Waals surface area contributed by atoms with Crippen LogP contribution in [0.15, 0.2) is 170 Å². The lowest BCUT2D eigenvalue weighted by molar-refractivity contribution is 0.935. The van der Waals surface area contributed by atoms with Crippen LogP contribution in [0.3, 0.4) is 0 Å². The lowest BCUT2D eigenvalue weighted by atomic mass is 9.89. The van der Waals surface area contributed by atoms with E-state index in [0.717, 1.165) is 0 Å². The molecular weight excluding hydrogens is 653 g/mol. The first-order chi connectivity index (χ1) is 26.2. The van der Waals surface area contributed by atoms with Gasteiger partial charge in [0.1, 0.15) is 8.07 Å². The molecule has 1 saturated heterocycles. The Hall–Kier alpha value is -6.02. The van der Waals surface area contributed by atoms with Crippen molar-refractivity contribution in [2.75, 3.05) is 0 Å². The summed E-state index contributed by atoms with van der Waals surface area (Å²) in [5, 5.41) is 19.3. The Labute approximate surface area is 310 Å². The third kappa shape index (κ3) is 4.12. The minimum atomic E-state index is -1.97. The van der Waals surface area contributed by atoms with Crippen LogP contribution in [0.5, 0.6) is 0 Å². The second-order valence-corrected chi connectivity index (χ2v) is 19.8. The number of benzene rings is 10. The summed E-state index contributed by atoms with van der Waals surface area (Å²) in [6.07, 6.45) is 2.66. The van der Waals surface area contributed by atoms with E-state index in [1.165, 1.54) is 123 Å². The fourth-order valence-corrected chi connectivity index (χ4v) is 16.2. The molecule has 0 bridgehead atoms. The zero-order valence-corrected chi connectivity index (χ0v) is 30.5. The van der Waals surface area contributed by atoms with E-state index in [2.05, 4.69) is 170 Å². The molecule has 0 radical (unpaired) electrons. The third-order valence-corrected chi connectivity index (χ3v) is 18.3. The van der Waals surface area contributed by atoms with Gasteiger partial charge in [0.25, 0.3) is 0 Å². The largest absolute Gasteiger partial charge is 0.119 e. The van der Waals surface area contributed by atoms with Crippen LogP contribution < -0.4 is 10.4 Å². The molecule has 2 aliphatic heterocycles. The first-order valence-corrected chi connectivity index (χ1v) is 21.6. The van der Waals surface area contributed by atoms with Crippen LogP contribution in [-0.4, -0.2) is 8.07 Å². The van der Waals surface area contributed by atoms with Gasteiger partial charge in [-0.15, -0.1) is 0 Å². The number of hydrogen-bond acceptors (Lipinski definition) is 0. The van der Waals surface area contributed by atoms with Crippen molar-refractivity contribution in [3.8, 4) is 33.4 Å². The van der Waals surface area contributed by atoms with Gasteiger partial charge < -0.3 is 0 Å². The van der Waals surface area contributed by atoms with Crippen molar-refractivity contribution in [2.24, 2.45) is 0 Å². The molecule has 10 aromatic rings. The Kier molecular flexibility index (Phi) is 6.13. The zero-order chi connectivity index (χ0) is 34.7. The van der Waals surface area contributed by atoms with E-state index in [4.69, 9.17) is 0 Å². The minimum Gasteiger partial charge on any atom is -0.0616 e. The van der Waals surface area contributed by atoms with Gasteiger partial charge in [-0.25, -0.2) is 0 Å². The smallest absolute Gasteiger partial charge is 0.0616 e. The monoisotopic (exact) mass is 688 g/mol. The van der Waals surface area contributed by atoms with Crippen molar-refractivity contribution in [3.63, 3.8) is 0 Å². The van der Waals surface area contributed by atoms with Crippen molar-refractivity contribution in [1.29, 1.82) is 0 Å². The second-order valence-electron chi connectivity index (χ2n) is 15.5. The van der Waals surface area contributed by atoms with Crippen LogP contribution in [0.2, 0.25) is 12.1 Å². The molecule has 0 aliphatic carbocycles. The van der Waals surface area contributed by atoms with E-state index < -0.39 is 8.07 Å². The van der Waals surface area contributed by atoms with E-state index in [1.807, 2.05) is 0 Å². The van der Waals surface area contributed by atoms with Gasteiger partial charge in [-0.1, -0.05) is 171 Å². The average molecular weight is 689 g/mol. The Morgan fingerprint density at radius 2 is 0.679 bits per heavy atom. The summed E-state index contributed by atoms with van der Waals surface area (Å²) in [4.78, 5) is 0. The number of rotatable bonds is 2. The van der Waals surface area contributed by atoms with Crippen LogP contribution in [0.4, 0.5) is 0 Å². The van der Waals surface area contributed by atoms with Gasteiger partial charge in [0.15, 0.2) is 0 Å². The Morgan fingerprint density at radius 1 is 0.283 bits per heavy atom. The predicted octanol–water partition coefficient (Wildman–Crippen LogP) is 13.3. The fourth-order valence-electron chi connectivity index (χ4n) is 10.5. The second kappa shape index (κ2) is 11.0. The molecule has 0 unspecified atom stereocenters. The standard InChI is InChI=1S/C52H36Si/c1-3-13-37-33(11-1)19-23-43-39-15-5-7-17-41(39)47(31-49(37)43)35-21-25-45-46-26-22-36(30-52(46)53(51(45)29-35)27-9-10-28-53)48-32-50-38-14-4-2-12-34(38)20-24-44(50)40-16-6-8-18-42(40)48/h1-8,11-26,29-32H,9-10,27-28H2. The lowest BCUT2D eigenvalue weighted by Gasteiger charge is -2.25. The Morgan fingerprint density at radius 3 is 1.15 bits per heavy atom. The van der Waals surface area contributed by atoms with Gasteiger partial charge in [0.05, 0.1) is 0 Å². The molecule has 53 heavy (non-hydrogen) atoms. The molecule has 0 N–H and O–H groups in total. The van der Waals surface area contributed by atoms with Gasteiger partial charge in [-0.2, -0.15) is 0 Å². The summed E-state index contributed by atoms with van der Waals surface area (Å²) < 4.78 is 0. The first kappa shape index (κ1) is 29.5. The molecule has 1 fully saturated rings. The summed E-state index contributed by atoms with van der Waals surface area (Å²) in [6, 6.07) is 67.7. The van der Waals surface area contributed by atoms with Crippen molar-refractivity contribution in [3.05, 3.63) is 170 Å². The van der Waals surface area contributed by atoms with E-state index in [-0.39, 0.29) is 0 Å². The van der Waals surface area contributed by atoms with Crippen molar-refractivity contribution in [1.82, 2.24) is 0 Å².